The standard InChI is InChI=1S/C20H23N3O4S/c1-13(2)16-11-18(14(3)10-17(16)26-4)28(24,25)21-12-19-22-20(23-27-19)15-8-6-5-7-9-15/h5-11,13,21H,12H2,1-4H3. The van der Waals surface area contributed by atoms with Gasteiger partial charge in [-0.15, -0.1) is 0 Å². The second-order valence-corrected chi connectivity index (χ2v) is 8.45. The van der Waals surface area contributed by atoms with Gasteiger partial charge in [-0.2, -0.15) is 4.98 Å². The zero-order valence-corrected chi connectivity index (χ0v) is 17.1. The molecule has 28 heavy (non-hydrogen) atoms. The van der Waals surface area contributed by atoms with E-state index in [1.165, 1.54) is 0 Å². The third-order valence-electron chi connectivity index (χ3n) is 4.35. The van der Waals surface area contributed by atoms with Crippen LogP contribution in [0.3, 0.4) is 0 Å². The van der Waals surface area contributed by atoms with Crippen LogP contribution in [0.15, 0.2) is 51.9 Å². The molecule has 3 aromatic rings. The van der Waals surface area contributed by atoms with Crippen molar-refractivity contribution in [1.82, 2.24) is 14.9 Å². The molecule has 0 aliphatic carbocycles. The summed E-state index contributed by atoms with van der Waals surface area (Å²) in [6.07, 6.45) is 0. The number of nitrogens with zero attached hydrogens (tertiary/aromatic N) is 2. The van der Waals surface area contributed by atoms with Gasteiger partial charge in [-0.25, -0.2) is 13.1 Å². The second-order valence-electron chi connectivity index (χ2n) is 6.72. The van der Waals surface area contributed by atoms with Crippen LogP contribution in [0.5, 0.6) is 5.75 Å². The predicted molar refractivity (Wildman–Crippen MR) is 106 cm³/mol. The van der Waals surface area contributed by atoms with Crippen molar-refractivity contribution in [3.8, 4) is 17.1 Å². The molecule has 7 nitrogen and oxygen atoms in total. The zero-order valence-electron chi connectivity index (χ0n) is 16.3. The zero-order chi connectivity index (χ0) is 20.3. The van der Waals surface area contributed by atoms with Gasteiger partial charge in [0, 0.05) is 5.56 Å². The molecule has 0 atom stereocenters. The molecule has 0 saturated carbocycles. The van der Waals surface area contributed by atoms with Crippen molar-refractivity contribution in [2.45, 2.75) is 38.1 Å². The maximum absolute atomic E-state index is 12.8. The van der Waals surface area contributed by atoms with Crippen molar-refractivity contribution in [3.05, 3.63) is 59.5 Å². The van der Waals surface area contributed by atoms with Crippen molar-refractivity contribution in [3.63, 3.8) is 0 Å². The van der Waals surface area contributed by atoms with Crippen LogP contribution in [-0.4, -0.2) is 25.7 Å². The number of hydrogen-bond donors (Lipinski definition) is 1. The van der Waals surface area contributed by atoms with Crippen LogP contribution in [0.2, 0.25) is 0 Å². The molecule has 1 heterocycles. The Morgan fingerprint density at radius 2 is 1.89 bits per heavy atom. The molecule has 0 fully saturated rings. The molecule has 0 saturated heterocycles. The summed E-state index contributed by atoms with van der Waals surface area (Å²) in [5.74, 6) is 1.40. The molecular formula is C20H23N3O4S. The molecular weight excluding hydrogens is 378 g/mol. The fraction of sp³-hybridized carbons (Fsp3) is 0.300. The van der Waals surface area contributed by atoms with E-state index in [1.54, 1.807) is 26.2 Å². The largest absolute Gasteiger partial charge is 0.496 e. The molecule has 0 amide bonds. The third-order valence-corrected chi connectivity index (χ3v) is 5.90. The molecule has 0 bridgehead atoms. The van der Waals surface area contributed by atoms with Gasteiger partial charge in [0.2, 0.25) is 21.7 Å². The van der Waals surface area contributed by atoms with Gasteiger partial charge in [0.15, 0.2) is 0 Å². The highest BCUT2D eigenvalue weighted by Crippen LogP contribution is 2.31. The Bertz CT molecular complexity index is 1060. The smallest absolute Gasteiger partial charge is 0.242 e. The molecule has 0 unspecified atom stereocenters. The Morgan fingerprint density at radius 3 is 2.54 bits per heavy atom. The summed E-state index contributed by atoms with van der Waals surface area (Å²) in [7, 11) is -2.18. The highest BCUT2D eigenvalue weighted by atomic mass is 32.2. The lowest BCUT2D eigenvalue weighted by Gasteiger charge is -2.16. The number of benzene rings is 2. The van der Waals surface area contributed by atoms with Crippen LogP contribution in [0.1, 0.15) is 36.8 Å². The first-order valence-electron chi connectivity index (χ1n) is 8.88. The summed E-state index contributed by atoms with van der Waals surface area (Å²) in [6.45, 7) is 5.62. The SMILES string of the molecule is COc1cc(C)c(S(=O)(=O)NCc2nc(-c3ccccc3)no2)cc1C(C)C. The van der Waals surface area contributed by atoms with E-state index in [4.69, 9.17) is 9.26 Å². The molecule has 3 rings (SSSR count). The number of aromatic nitrogens is 2. The Labute approximate surface area is 164 Å². The lowest BCUT2D eigenvalue weighted by Crippen LogP contribution is -2.24. The number of nitrogens with one attached hydrogen (secondary N) is 1. The van der Waals surface area contributed by atoms with Crippen LogP contribution in [-0.2, 0) is 16.6 Å². The van der Waals surface area contributed by atoms with E-state index >= 15 is 0 Å². The van der Waals surface area contributed by atoms with Crippen molar-refractivity contribution in [1.29, 1.82) is 0 Å². The van der Waals surface area contributed by atoms with Crippen LogP contribution in [0.25, 0.3) is 11.4 Å². The van der Waals surface area contributed by atoms with Crippen LogP contribution < -0.4 is 9.46 Å². The maximum atomic E-state index is 12.8. The summed E-state index contributed by atoms with van der Waals surface area (Å²) >= 11 is 0. The number of methoxy groups -OCH3 is 1. The van der Waals surface area contributed by atoms with Gasteiger partial charge in [-0.3, -0.25) is 0 Å². The van der Waals surface area contributed by atoms with Crippen LogP contribution in [0.4, 0.5) is 0 Å². The first-order valence-corrected chi connectivity index (χ1v) is 10.4. The van der Waals surface area contributed by atoms with E-state index in [-0.39, 0.29) is 23.2 Å². The van der Waals surface area contributed by atoms with Crippen molar-refractivity contribution in [2.24, 2.45) is 0 Å². The van der Waals surface area contributed by atoms with E-state index in [9.17, 15) is 8.42 Å². The average Bonchev–Trinajstić information content (AvgIpc) is 3.15. The fourth-order valence-electron chi connectivity index (χ4n) is 2.86. The highest BCUT2D eigenvalue weighted by molar-refractivity contribution is 7.89. The van der Waals surface area contributed by atoms with E-state index in [2.05, 4.69) is 14.9 Å². The topological polar surface area (TPSA) is 94.3 Å². The van der Waals surface area contributed by atoms with Crippen LogP contribution in [0, 0.1) is 6.92 Å². The first kappa shape index (κ1) is 20.0. The predicted octanol–water partition coefficient (Wildman–Crippen LogP) is 3.66. The fourth-order valence-corrected chi connectivity index (χ4v) is 4.09. The minimum Gasteiger partial charge on any atom is -0.496 e. The van der Waals surface area contributed by atoms with Gasteiger partial charge >= 0.3 is 0 Å². The number of sulfonamides is 1. The molecule has 0 radical (unpaired) electrons. The van der Waals surface area contributed by atoms with Gasteiger partial charge in [0.1, 0.15) is 5.75 Å². The molecule has 148 valence electrons. The maximum Gasteiger partial charge on any atom is 0.242 e. The summed E-state index contributed by atoms with van der Waals surface area (Å²) in [5.41, 5.74) is 2.23. The van der Waals surface area contributed by atoms with Gasteiger partial charge in [0.25, 0.3) is 0 Å². The minimum absolute atomic E-state index is 0.0926. The summed E-state index contributed by atoms with van der Waals surface area (Å²) in [5, 5.41) is 3.90. The second kappa shape index (κ2) is 8.12. The molecule has 1 aromatic heterocycles. The van der Waals surface area contributed by atoms with E-state index in [1.807, 2.05) is 44.2 Å². The van der Waals surface area contributed by atoms with Gasteiger partial charge < -0.3 is 9.26 Å². The Morgan fingerprint density at radius 1 is 1.18 bits per heavy atom. The van der Waals surface area contributed by atoms with Crippen molar-refractivity contribution in [2.75, 3.05) is 7.11 Å². The van der Waals surface area contributed by atoms with E-state index < -0.39 is 10.0 Å². The number of aryl methyl sites for hydroxylation is 1. The van der Waals surface area contributed by atoms with Gasteiger partial charge in [-0.1, -0.05) is 49.3 Å². The minimum atomic E-state index is -3.76. The summed E-state index contributed by atoms with van der Waals surface area (Å²) in [6, 6.07) is 12.7. The van der Waals surface area contributed by atoms with E-state index in [0.29, 0.717) is 17.1 Å². The average molecular weight is 401 g/mol. The normalized spacial score (nSPS) is 11.8. The van der Waals surface area contributed by atoms with Gasteiger partial charge in [0.05, 0.1) is 18.6 Å². The lowest BCUT2D eigenvalue weighted by atomic mass is 10.0. The van der Waals surface area contributed by atoms with Crippen molar-refractivity contribution < 1.29 is 17.7 Å². The molecule has 1 N–H and O–H groups in total. The molecule has 0 spiro atoms. The Balaban J connectivity index is 1.81. The number of ether oxygens (including phenoxy) is 1. The number of rotatable bonds is 7. The van der Waals surface area contributed by atoms with E-state index in [0.717, 1.165) is 11.1 Å². The highest BCUT2D eigenvalue weighted by Gasteiger charge is 2.22. The van der Waals surface area contributed by atoms with Crippen molar-refractivity contribution >= 4 is 10.0 Å². The third kappa shape index (κ3) is 4.23. The Hall–Kier alpha value is -2.71. The lowest BCUT2D eigenvalue weighted by molar-refractivity contribution is 0.376. The van der Waals surface area contributed by atoms with Crippen LogP contribution >= 0.6 is 0 Å². The summed E-state index contributed by atoms with van der Waals surface area (Å²) in [4.78, 5) is 4.46. The monoisotopic (exact) mass is 401 g/mol. The quantitative estimate of drug-likeness (QED) is 0.649. The molecule has 2 aromatic carbocycles. The first-order chi connectivity index (χ1) is 13.3. The number of hydrogen-bond acceptors (Lipinski definition) is 6. The summed E-state index contributed by atoms with van der Waals surface area (Å²) < 4.78 is 38.8. The molecule has 8 heteroatoms. The van der Waals surface area contributed by atoms with Gasteiger partial charge in [-0.05, 0) is 36.1 Å². The molecule has 0 aliphatic rings. The Kier molecular flexibility index (Phi) is 5.81. The molecule has 0 aliphatic heterocycles.